The van der Waals surface area contributed by atoms with Crippen molar-refractivity contribution in [1.82, 2.24) is 4.90 Å². The topological polar surface area (TPSA) is 29.5 Å². The molecule has 102 valence electrons. The first-order chi connectivity index (χ1) is 8.13. The zero-order valence-corrected chi connectivity index (χ0v) is 12.1. The van der Waals surface area contributed by atoms with Crippen LogP contribution in [0.15, 0.2) is 24.3 Å². The molecule has 1 aromatic carbocycles. The molecule has 0 spiro atoms. The molecule has 0 saturated heterocycles. The first-order valence-electron chi connectivity index (χ1n) is 6.04. The molecule has 0 bridgehead atoms. The number of ether oxygens (including phenoxy) is 1. The molecule has 0 aliphatic heterocycles. The highest BCUT2D eigenvalue weighted by Crippen LogP contribution is 2.13. The van der Waals surface area contributed by atoms with E-state index in [0.717, 1.165) is 24.3 Å². The monoisotopic (exact) mass is 271 g/mol. The van der Waals surface area contributed by atoms with Gasteiger partial charge in [0, 0.05) is 18.5 Å². The molecule has 1 rings (SSSR count). The minimum atomic E-state index is 0. The summed E-state index contributed by atoms with van der Waals surface area (Å²) in [5.74, 6) is 1.00. The molecule has 0 saturated carbocycles. The SMILES string of the molecule is CCC(=O)c1ccc(OCCCN(C)C)cc1.Cl. The summed E-state index contributed by atoms with van der Waals surface area (Å²) in [5, 5.41) is 0. The average molecular weight is 272 g/mol. The Morgan fingerprint density at radius 3 is 2.33 bits per heavy atom. The summed E-state index contributed by atoms with van der Waals surface area (Å²) in [6.07, 6.45) is 1.55. The average Bonchev–Trinajstić information content (AvgIpc) is 2.34. The third kappa shape index (κ3) is 6.03. The van der Waals surface area contributed by atoms with Gasteiger partial charge in [-0.15, -0.1) is 12.4 Å². The Balaban J connectivity index is 0.00000289. The van der Waals surface area contributed by atoms with Gasteiger partial charge in [0.1, 0.15) is 5.75 Å². The summed E-state index contributed by atoms with van der Waals surface area (Å²) in [4.78, 5) is 13.5. The summed E-state index contributed by atoms with van der Waals surface area (Å²) in [6.45, 7) is 3.60. The molecule has 4 heteroatoms. The predicted octanol–water partition coefficient (Wildman–Crippen LogP) is 3.03. The number of carbonyl (C=O) groups excluding carboxylic acids is 1. The Labute approximate surface area is 116 Å². The second-order valence-electron chi connectivity index (χ2n) is 4.31. The van der Waals surface area contributed by atoms with Gasteiger partial charge in [0.25, 0.3) is 0 Å². The Morgan fingerprint density at radius 1 is 1.22 bits per heavy atom. The molecular formula is C14H22ClNO2. The van der Waals surface area contributed by atoms with E-state index in [2.05, 4.69) is 4.90 Å². The van der Waals surface area contributed by atoms with Crippen LogP contribution in [0.2, 0.25) is 0 Å². The van der Waals surface area contributed by atoms with Crippen LogP contribution in [0.3, 0.4) is 0 Å². The number of rotatable bonds is 7. The molecule has 18 heavy (non-hydrogen) atoms. The Bertz CT molecular complexity index is 349. The number of benzene rings is 1. The van der Waals surface area contributed by atoms with Crippen LogP contribution in [-0.2, 0) is 0 Å². The van der Waals surface area contributed by atoms with E-state index in [1.807, 2.05) is 45.3 Å². The molecule has 0 unspecified atom stereocenters. The maximum Gasteiger partial charge on any atom is 0.162 e. The van der Waals surface area contributed by atoms with Crippen LogP contribution in [0.5, 0.6) is 5.75 Å². The zero-order chi connectivity index (χ0) is 12.7. The van der Waals surface area contributed by atoms with Crippen LogP contribution in [0.1, 0.15) is 30.1 Å². The quantitative estimate of drug-likeness (QED) is 0.564. The Kier molecular flexibility index (Phi) is 8.42. The summed E-state index contributed by atoms with van der Waals surface area (Å²) >= 11 is 0. The van der Waals surface area contributed by atoms with E-state index in [1.165, 1.54) is 0 Å². The summed E-state index contributed by atoms with van der Waals surface area (Å²) in [7, 11) is 4.09. The van der Waals surface area contributed by atoms with Gasteiger partial charge in [0.05, 0.1) is 6.61 Å². The molecule has 0 radical (unpaired) electrons. The van der Waals surface area contributed by atoms with E-state index in [0.29, 0.717) is 13.0 Å². The minimum absolute atomic E-state index is 0. The second kappa shape index (κ2) is 8.95. The predicted molar refractivity (Wildman–Crippen MR) is 77.0 cm³/mol. The van der Waals surface area contributed by atoms with E-state index >= 15 is 0 Å². The zero-order valence-electron chi connectivity index (χ0n) is 11.3. The van der Waals surface area contributed by atoms with Crippen molar-refractivity contribution in [2.24, 2.45) is 0 Å². The van der Waals surface area contributed by atoms with Gasteiger partial charge in [-0.2, -0.15) is 0 Å². The first-order valence-corrected chi connectivity index (χ1v) is 6.04. The normalized spacial score (nSPS) is 10.0. The number of hydrogen-bond donors (Lipinski definition) is 0. The fourth-order valence-corrected chi connectivity index (χ4v) is 1.51. The standard InChI is InChI=1S/C14H21NO2.ClH/c1-4-14(16)12-6-8-13(9-7-12)17-11-5-10-15(2)3;/h6-9H,4-5,10-11H2,1-3H3;1H. The molecule has 0 amide bonds. The van der Waals surface area contributed by atoms with Crippen molar-refractivity contribution in [3.63, 3.8) is 0 Å². The van der Waals surface area contributed by atoms with Crippen molar-refractivity contribution < 1.29 is 9.53 Å². The van der Waals surface area contributed by atoms with Crippen molar-refractivity contribution in [2.45, 2.75) is 19.8 Å². The number of halogens is 1. The lowest BCUT2D eigenvalue weighted by molar-refractivity contribution is 0.0988. The van der Waals surface area contributed by atoms with E-state index in [9.17, 15) is 4.79 Å². The molecule has 0 atom stereocenters. The van der Waals surface area contributed by atoms with Crippen LogP contribution < -0.4 is 4.74 Å². The maximum absolute atomic E-state index is 11.4. The fraction of sp³-hybridized carbons (Fsp3) is 0.500. The van der Waals surface area contributed by atoms with Crippen LogP contribution >= 0.6 is 12.4 Å². The molecule has 1 aromatic rings. The summed E-state index contributed by atoms with van der Waals surface area (Å²) in [5.41, 5.74) is 0.758. The maximum atomic E-state index is 11.4. The number of carbonyl (C=O) groups is 1. The van der Waals surface area contributed by atoms with Gasteiger partial charge in [-0.05, 0) is 44.8 Å². The highest BCUT2D eigenvalue weighted by atomic mass is 35.5. The van der Waals surface area contributed by atoms with Crippen molar-refractivity contribution in [2.75, 3.05) is 27.2 Å². The largest absolute Gasteiger partial charge is 0.494 e. The van der Waals surface area contributed by atoms with Crippen LogP contribution in [0.4, 0.5) is 0 Å². The van der Waals surface area contributed by atoms with Gasteiger partial charge in [-0.25, -0.2) is 0 Å². The number of ketones is 1. The Morgan fingerprint density at radius 2 is 1.83 bits per heavy atom. The van der Waals surface area contributed by atoms with Crippen molar-refractivity contribution in [3.8, 4) is 5.75 Å². The van der Waals surface area contributed by atoms with Gasteiger partial charge in [-0.3, -0.25) is 4.79 Å². The van der Waals surface area contributed by atoms with E-state index < -0.39 is 0 Å². The molecule has 0 aromatic heterocycles. The van der Waals surface area contributed by atoms with Crippen molar-refractivity contribution in [1.29, 1.82) is 0 Å². The second-order valence-corrected chi connectivity index (χ2v) is 4.31. The molecule has 0 aliphatic carbocycles. The number of nitrogens with zero attached hydrogens (tertiary/aromatic N) is 1. The van der Waals surface area contributed by atoms with Gasteiger partial charge >= 0.3 is 0 Å². The fourth-order valence-electron chi connectivity index (χ4n) is 1.51. The molecule has 3 nitrogen and oxygen atoms in total. The summed E-state index contributed by atoms with van der Waals surface area (Å²) in [6, 6.07) is 7.37. The van der Waals surface area contributed by atoms with E-state index in [-0.39, 0.29) is 18.2 Å². The minimum Gasteiger partial charge on any atom is -0.494 e. The van der Waals surface area contributed by atoms with Gasteiger partial charge in [0.15, 0.2) is 5.78 Å². The lowest BCUT2D eigenvalue weighted by Gasteiger charge is -2.10. The lowest BCUT2D eigenvalue weighted by atomic mass is 10.1. The number of Topliss-reactive ketones (excluding diaryl/α,β-unsaturated/α-hetero) is 1. The third-order valence-electron chi connectivity index (χ3n) is 2.52. The van der Waals surface area contributed by atoms with Crippen LogP contribution in [-0.4, -0.2) is 37.9 Å². The van der Waals surface area contributed by atoms with Crippen LogP contribution in [0.25, 0.3) is 0 Å². The van der Waals surface area contributed by atoms with E-state index in [4.69, 9.17) is 4.74 Å². The molecule has 0 fully saturated rings. The van der Waals surface area contributed by atoms with Gasteiger partial charge in [-0.1, -0.05) is 6.92 Å². The van der Waals surface area contributed by atoms with E-state index in [1.54, 1.807) is 0 Å². The van der Waals surface area contributed by atoms with Crippen LogP contribution in [0, 0.1) is 0 Å². The molecule has 0 heterocycles. The highest BCUT2D eigenvalue weighted by molar-refractivity contribution is 5.95. The van der Waals surface area contributed by atoms with Crippen molar-refractivity contribution >= 4 is 18.2 Å². The molecular weight excluding hydrogens is 250 g/mol. The number of hydrogen-bond acceptors (Lipinski definition) is 3. The molecule has 0 N–H and O–H groups in total. The van der Waals surface area contributed by atoms with Crippen molar-refractivity contribution in [3.05, 3.63) is 29.8 Å². The van der Waals surface area contributed by atoms with Gasteiger partial charge < -0.3 is 9.64 Å². The first kappa shape index (κ1) is 16.9. The lowest BCUT2D eigenvalue weighted by Crippen LogP contribution is -2.15. The van der Waals surface area contributed by atoms with Gasteiger partial charge in [0.2, 0.25) is 0 Å². The Hall–Kier alpha value is -1.06. The summed E-state index contributed by atoms with van der Waals surface area (Å²) < 4.78 is 5.59. The third-order valence-corrected chi connectivity index (χ3v) is 2.52. The molecule has 0 aliphatic rings. The highest BCUT2D eigenvalue weighted by Gasteiger charge is 2.02. The smallest absolute Gasteiger partial charge is 0.162 e.